The van der Waals surface area contributed by atoms with Crippen molar-refractivity contribution in [1.82, 2.24) is 9.88 Å². The van der Waals surface area contributed by atoms with Gasteiger partial charge in [-0.3, -0.25) is 4.79 Å². The maximum absolute atomic E-state index is 12.5. The first-order valence-corrected chi connectivity index (χ1v) is 6.76. The number of nitrogens with one attached hydrogen (secondary N) is 1. The van der Waals surface area contributed by atoms with Crippen LogP contribution in [0, 0.1) is 0 Å². The van der Waals surface area contributed by atoms with Crippen molar-refractivity contribution < 1.29 is 9.53 Å². The van der Waals surface area contributed by atoms with Crippen LogP contribution in [0.2, 0.25) is 0 Å². The van der Waals surface area contributed by atoms with Gasteiger partial charge in [-0.2, -0.15) is 0 Å². The molecule has 1 heterocycles. The van der Waals surface area contributed by atoms with E-state index in [0.717, 1.165) is 25.2 Å². The molecule has 5 heteroatoms. The monoisotopic (exact) mass is 263 g/mol. The van der Waals surface area contributed by atoms with Crippen molar-refractivity contribution in [2.24, 2.45) is 0 Å². The van der Waals surface area contributed by atoms with Gasteiger partial charge in [0.2, 0.25) is 0 Å². The van der Waals surface area contributed by atoms with Crippen LogP contribution in [0.4, 0.5) is 5.82 Å². The van der Waals surface area contributed by atoms with Gasteiger partial charge in [0.25, 0.3) is 5.91 Å². The fraction of sp³-hybridized carbons (Fsp3) is 0.571. The summed E-state index contributed by atoms with van der Waals surface area (Å²) in [4.78, 5) is 18.6. The van der Waals surface area contributed by atoms with Gasteiger partial charge >= 0.3 is 0 Å². The molecule has 0 atom stereocenters. The van der Waals surface area contributed by atoms with E-state index in [0.29, 0.717) is 24.8 Å². The van der Waals surface area contributed by atoms with E-state index in [9.17, 15) is 4.79 Å². The molecule has 1 aromatic rings. The van der Waals surface area contributed by atoms with Crippen molar-refractivity contribution in [2.45, 2.75) is 25.8 Å². The minimum absolute atomic E-state index is 0.0705. The zero-order valence-corrected chi connectivity index (χ0v) is 11.6. The van der Waals surface area contributed by atoms with Crippen LogP contribution in [0.25, 0.3) is 0 Å². The van der Waals surface area contributed by atoms with Crippen LogP contribution in [0.15, 0.2) is 18.3 Å². The molecule has 0 spiro atoms. The molecular weight excluding hydrogens is 242 g/mol. The van der Waals surface area contributed by atoms with E-state index in [1.165, 1.54) is 0 Å². The van der Waals surface area contributed by atoms with Crippen molar-refractivity contribution in [1.29, 1.82) is 0 Å². The molecule has 1 N–H and O–H groups in total. The van der Waals surface area contributed by atoms with E-state index >= 15 is 0 Å². The molecule has 1 aromatic heterocycles. The second-order valence-corrected chi connectivity index (χ2v) is 4.68. The van der Waals surface area contributed by atoms with Crippen LogP contribution in [0.5, 0.6) is 0 Å². The summed E-state index contributed by atoms with van der Waals surface area (Å²) in [7, 11) is 1.66. The van der Waals surface area contributed by atoms with Gasteiger partial charge in [-0.15, -0.1) is 0 Å². The average molecular weight is 263 g/mol. The summed E-state index contributed by atoms with van der Waals surface area (Å²) in [5.41, 5.74) is 0.689. The van der Waals surface area contributed by atoms with Gasteiger partial charge in [0, 0.05) is 38.0 Å². The molecule has 5 nitrogen and oxygen atoms in total. The molecule has 0 unspecified atom stereocenters. The Kier molecular flexibility index (Phi) is 4.74. The summed E-state index contributed by atoms with van der Waals surface area (Å²) in [6.07, 6.45) is 3.87. The summed E-state index contributed by atoms with van der Waals surface area (Å²) in [6.45, 7) is 4.03. The van der Waals surface area contributed by atoms with Crippen molar-refractivity contribution in [3.05, 3.63) is 23.9 Å². The quantitative estimate of drug-likeness (QED) is 0.814. The van der Waals surface area contributed by atoms with Gasteiger partial charge in [-0.1, -0.05) is 0 Å². The number of nitrogens with zero attached hydrogens (tertiary/aromatic N) is 2. The molecule has 104 valence electrons. The summed E-state index contributed by atoms with van der Waals surface area (Å²) in [6, 6.07) is 3.97. The van der Waals surface area contributed by atoms with E-state index < -0.39 is 0 Å². The van der Waals surface area contributed by atoms with Crippen molar-refractivity contribution in [2.75, 3.05) is 32.1 Å². The lowest BCUT2D eigenvalue weighted by Crippen LogP contribution is -2.35. The van der Waals surface area contributed by atoms with E-state index in [1.807, 2.05) is 17.9 Å². The lowest BCUT2D eigenvalue weighted by atomic mass is 10.2. The molecule has 1 saturated carbocycles. The molecule has 0 aliphatic heterocycles. The van der Waals surface area contributed by atoms with Gasteiger partial charge in [-0.25, -0.2) is 4.98 Å². The number of anilines is 1. The number of rotatable bonds is 7. The van der Waals surface area contributed by atoms with Crippen LogP contribution in [-0.4, -0.2) is 48.6 Å². The number of carbonyl (C=O) groups is 1. The lowest BCUT2D eigenvalue weighted by molar-refractivity contribution is 0.0680. The molecule has 0 bridgehead atoms. The number of aromatic nitrogens is 1. The normalized spacial score (nSPS) is 14.2. The third kappa shape index (κ3) is 3.67. The highest BCUT2D eigenvalue weighted by atomic mass is 16.5. The Bertz CT molecular complexity index is 432. The Balaban J connectivity index is 2.09. The first-order chi connectivity index (χ1) is 9.26. The molecule has 0 aromatic carbocycles. The second-order valence-electron chi connectivity index (χ2n) is 4.68. The Labute approximate surface area is 114 Å². The number of hydrogen-bond acceptors (Lipinski definition) is 4. The van der Waals surface area contributed by atoms with E-state index in [-0.39, 0.29) is 5.91 Å². The Morgan fingerprint density at radius 3 is 3.00 bits per heavy atom. The first-order valence-electron chi connectivity index (χ1n) is 6.76. The van der Waals surface area contributed by atoms with Gasteiger partial charge in [0.15, 0.2) is 0 Å². The van der Waals surface area contributed by atoms with Gasteiger partial charge in [-0.05, 0) is 31.9 Å². The summed E-state index contributed by atoms with van der Waals surface area (Å²) >= 11 is 0. The van der Waals surface area contributed by atoms with Crippen molar-refractivity contribution in [3.63, 3.8) is 0 Å². The lowest BCUT2D eigenvalue weighted by Gasteiger charge is -2.22. The van der Waals surface area contributed by atoms with Crippen LogP contribution in [0.3, 0.4) is 0 Å². The molecule has 2 rings (SSSR count). The Morgan fingerprint density at radius 2 is 2.37 bits per heavy atom. The maximum Gasteiger partial charge on any atom is 0.254 e. The van der Waals surface area contributed by atoms with Gasteiger partial charge in [0.1, 0.15) is 5.82 Å². The fourth-order valence-electron chi connectivity index (χ4n) is 2.03. The maximum atomic E-state index is 12.5. The molecule has 1 aliphatic carbocycles. The summed E-state index contributed by atoms with van der Waals surface area (Å²) < 4.78 is 5.08. The van der Waals surface area contributed by atoms with Crippen LogP contribution in [0.1, 0.15) is 30.1 Å². The number of pyridine rings is 1. The standard InChI is InChI=1S/C14H21N3O2/c1-3-15-13-10-11(6-7-16-13)14(18)17(8-9-19-2)12-4-5-12/h6-7,10,12H,3-5,8-9H2,1-2H3,(H,15,16). The number of ether oxygens (including phenoxy) is 1. The van der Waals surface area contributed by atoms with Crippen LogP contribution >= 0.6 is 0 Å². The van der Waals surface area contributed by atoms with Crippen molar-refractivity contribution >= 4 is 11.7 Å². The molecule has 19 heavy (non-hydrogen) atoms. The van der Waals surface area contributed by atoms with Gasteiger partial charge < -0.3 is 15.0 Å². The topological polar surface area (TPSA) is 54.5 Å². The van der Waals surface area contributed by atoms with Crippen molar-refractivity contribution in [3.8, 4) is 0 Å². The Hall–Kier alpha value is -1.62. The fourth-order valence-corrected chi connectivity index (χ4v) is 2.03. The molecule has 0 saturated heterocycles. The van der Waals surface area contributed by atoms with E-state index in [2.05, 4.69) is 10.3 Å². The van der Waals surface area contributed by atoms with Crippen LogP contribution in [-0.2, 0) is 4.74 Å². The minimum atomic E-state index is 0.0705. The third-order valence-corrected chi connectivity index (χ3v) is 3.15. The zero-order valence-electron chi connectivity index (χ0n) is 11.6. The number of hydrogen-bond donors (Lipinski definition) is 1. The van der Waals surface area contributed by atoms with Crippen LogP contribution < -0.4 is 5.32 Å². The van der Waals surface area contributed by atoms with E-state index in [1.54, 1.807) is 19.4 Å². The van der Waals surface area contributed by atoms with Gasteiger partial charge in [0.05, 0.1) is 6.61 Å². The SMILES string of the molecule is CCNc1cc(C(=O)N(CCOC)C2CC2)ccn1. The number of amides is 1. The molecule has 0 radical (unpaired) electrons. The average Bonchev–Trinajstić information content (AvgIpc) is 3.24. The summed E-state index contributed by atoms with van der Waals surface area (Å²) in [5.74, 6) is 0.817. The number of carbonyl (C=O) groups excluding carboxylic acids is 1. The predicted molar refractivity (Wildman–Crippen MR) is 74.3 cm³/mol. The number of methoxy groups -OCH3 is 1. The largest absolute Gasteiger partial charge is 0.383 e. The first kappa shape index (κ1) is 13.8. The Morgan fingerprint density at radius 1 is 1.58 bits per heavy atom. The highest BCUT2D eigenvalue weighted by Gasteiger charge is 2.32. The predicted octanol–water partition coefficient (Wildman–Crippen LogP) is 1.76. The zero-order chi connectivity index (χ0) is 13.7. The molecule has 1 aliphatic rings. The second kappa shape index (κ2) is 6.52. The highest BCUT2D eigenvalue weighted by molar-refractivity contribution is 5.95. The molecular formula is C14H21N3O2. The smallest absolute Gasteiger partial charge is 0.254 e. The third-order valence-electron chi connectivity index (χ3n) is 3.15. The minimum Gasteiger partial charge on any atom is -0.383 e. The molecule has 1 fully saturated rings. The molecule has 1 amide bonds. The summed E-state index contributed by atoms with van der Waals surface area (Å²) in [5, 5.41) is 3.12. The van der Waals surface area contributed by atoms with E-state index in [4.69, 9.17) is 4.74 Å². The highest BCUT2D eigenvalue weighted by Crippen LogP contribution is 2.28.